The van der Waals surface area contributed by atoms with E-state index in [0.29, 0.717) is 35.1 Å². The highest BCUT2D eigenvalue weighted by atomic mass is 32.1. The summed E-state index contributed by atoms with van der Waals surface area (Å²) in [5, 5.41) is 16.1. The second kappa shape index (κ2) is 7.80. The molecule has 0 atom stereocenters. The van der Waals surface area contributed by atoms with Crippen molar-refractivity contribution in [3.05, 3.63) is 46.6 Å². The fraction of sp³-hybridized carbons (Fsp3) is 0.300. The largest absolute Gasteiger partial charge is 0.477 e. The molecule has 2 aromatic heterocycles. The number of carboxylic acid groups (broad SMARTS) is 1. The number of pyridine rings is 1. The number of aromatic carboxylic acids is 1. The zero-order valence-corrected chi connectivity index (χ0v) is 17.0. The minimum atomic E-state index is -4.45. The van der Waals surface area contributed by atoms with Crippen LogP contribution in [0.3, 0.4) is 0 Å². The SMILES string of the molecule is Cc1nc(NC(=O)[C@H]2C[C@@H](Nc3nccc4ccc(C(F)(F)F)cc34)C2)sc1C(=O)O. The van der Waals surface area contributed by atoms with Crippen molar-refractivity contribution >= 4 is 44.9 Å². The van der Waals surface area contributed by atoms with Crippen LogP contribution >= 0.6 is 11.3 Å². The van der Waals surface area contributed by atoms with Gasteiger partial charge < -0.3 is 15.7 Å². The summed E-state index contributed by atoms with van der Waals surface area (Å²) in [7, 11) is 0. The molecule has 0 aliphatic heterocycles. The third-order valence-electron chi connectivity index (χ3n) is 5.16. The Morgan fingerprint density at radius 2 is 1.97 bits per heavy atom. The molecule has 0 bridgehead atoms. The van der Waals surface area contributed by atoms with Crippen LogP contribution in [0.1, 0.15) is 33.8 Å². The number of anilines is 2. The number of rotatable bonds is 5. The molecular weight excluding hydrogens is 433 g/mol. The maximum Gasteiger partial charge on any atom is 0.416 e. The van der Waals surface area contributed by atoms with Gasteiger partial charge in [0.25, 0.3) is 0 Å². The van der Waals surface area contributed by atoms with Gasteiger partial charge in [0.1, 0.15) is 10.7 Å². The van der Waals surface area contributed by atoms with Crippen LogP contribution in [-0.2, 0) is 11.0 Å². The summed E-state index contributed by atoms with van der Waals surface area (Å²) < 4.78 is 39.2. The predicted octanol–water partition coefficient (Wildman–Crippen LogP) is 4.55. The van der Waals surface area contributed by atoms with Crippen LogP contribution in [0.15, 0.2) is 30.5 Å². The Balaban J connectivity index is 1.41. The van der Waals surface area contributed by atoms with Crippen LogP contribution in [0.5, 0.6) is 0 Å². The number of benzene rings is 1. The summed E-state index contributed by atoms with van der Waals surface area (Å²) in [5.74, 6) is -1.33. The van der Waals surface area contributed by atoms with Crippen molar-refractivity contribution in [2.45, 2.75) is 32.0 Å². The monoisotopic (exact) mass is 450 g/mol. The van der Waals surface area contributed by atoms with Gasteiger partial charge in [-0.1, -0.05) is 17.4 Å². The van der Waals surface area contributed by atoms with Crippen LogP contribution in [0.25, 0.3) is 10.8 Å². The molecule has 162 valence electrons. The lowest BCUT2D eigenvalue weighted by molar-refractivity contribution is -0.137. The van der Waals surface area contributed by atoms with Crippen LogP contribution in [-0.4, -0.2) is 33.0 Å². The van der Waals surface area contributed by atoms with Gasteiger partial charge in [-0.15, -0.1) is 0 Å². The normalized spacial score (nSPS) is 18.5. The number of carboxylic acids is 1. The molecule has 31 heavy (non-hydrogen) atoms. The summed E-state index contributed by atoms with van der Waals surface area (Å²) >= 11 is 0.896. The molecule has 1 fully saturated rings. The molecule has 0 spiro atoms. The van der Waals surface area contributed by atoms with E-state index < -0.39 is 17.7 Å². The van der Waals surface area contributed by atoms with Gasteiger partial charge in [-0.25, -0.2) is 14.8 Å². The highest BCUT2D eigenvalue weighted by molar-refractivity contribution is 7.17. The molecule has 1 aliphatic carbocycles. The Bertz CT molecular complexity index is 1170. The van der Waals surface area contributed by atoms with Crippen LogP contribution in [0, 0.1) is 12.8 Å². The molecule has 1 saturated carbocycles. The van der Waals surface area contributed by atoms with E-state index in [9.17, 15) is 22.8 Å². The molecule has 3 aromatic rings. The number of hydrogen-bond acceptors (Lipinski definition) is 6. The number of aryl methyl sites for hydroxylation is 1. The maximum absolute atomic E-state index is 13.1. The van der Waals surface area contributed by atoms with E-state index >= 15 is 0 Å². The summed E-state index contributed by atoms with van der Waals surface area (Å²) in [6.07, 6.45) is -1.99. The number of aromatic nitrogens is 2. The van der Waals surface area contributed by atoms with E-state index in [1.165, 1.54) is 12.3 Å². The van der Waals surface area contributed by atoms with Crippen molar-refractivity contribution in [3.8, 4) is 0 Å². The van der Waals surface area contributed by atoms with E-state index in [1.807, 2.05) is 0 Å². The summed E-state index contributed by atoms with van der Waals surface area (Å²) in [4.78, 5) is 31.8. The fourth-order valence-corrected chi connectivity index (χ4v) is 4.27. The highest BCUT2D eigenvalue weighted by Crippen LogP contribution is 2.36. The molecule has 0 radical (unpaired) electrons. The van der Waals surface area contributed by atoms with Gasteiger partial charge in [0.15, 0.2) is 5.13 Å². The first-order valence-corrected chi connectivity index (χ1v) is 10.2. The number of carbonyl (C=O) groups excluding carboxylic acids is 1. The van der Waals surface area contributed by atoms with E-state index in [-0.39, 0.29) is 27.9 Å². The van der Waals surface area contributed by atoms with E-state index in [2.05, 4.69) is 20.6 Å². The van der Waals surface area contributed by atoms with Gasteiger partial charge >= 0.3 is 12.1 Å². The van der Waals surface area contributed by atoms with Crippen molar-refractivity contribution in [1.29, 1.82) is 0 Å². The lowest BCUT2D eigenvalue weighted by Crippen LogP contribution is -2.42. The summed E-state index contributed by atoms with van der Waals surface area (Å²) in [6, 6.07) is 5.03. The Labute approximate surface area is 178 Å². The minimum Gasteiger partial charge on any atom is -0.477 e. The topological polar surface area (TPSA) is 104 Å². The third kappa shape index (κ3) is 4.31. The molecule has 7 nitrogen and oxygen atoms in total. The molecule has 2 heterocycles. The number of alkyl halides is 3. The first-order chi connectivity index (χ1) is 14.6. The number of amides is 1. The van der Waals surface area contributed by atoms with Crippen molar-refractivity contribution in [2.75, 3.05) is 10.6 Å². The Kier molecular flexibility index (Phi) is 5.29. The van der Waals surface area contributed by atoms with Gasteiger partial charge in [0.2, 0.25) is 5.91 Å². The molecule has 1 amide bonds. The number of fused-ring (bicyclic) bond motifs is 1. The lowest BCUT2D eigenvalue weighted by atomic mass is 9.79. The smallest absolute Gasteiger partial charge is 0.416 e. The van der Waals surface area contributed by atoms with Crippen molar-refractivity contribution in [3.63, 3.8) is 0 Å². The molecule has 1 aliphatic rings. The number of thiazole rings is 1. The molecule has 0 unspecified atom stereocenters. The molecule has 11 heteroatoms. The summed E-state index contributed by atoms with van der Waals surface area (Å²) in [5.41, 5.74) is -0.414. The van der Waals surface area contributed by atoms with Crippen LogP contribution in [0.4, 0.5) is 24.1 Å². The molecule has 3 N–H and O–H groups in total. The van der Waals surface area contributed by atoms with Crippen molar-refractivity contribution in [1.82, 2.24) is 9.97 Å². The number of carbonyl (C=O) groups is 2. The summed E-state index contributed by atoms with van der Waals surface area (Å²) in [6.45, 7) is 1.56. The maximum atomic E-state index is 13.1. The van der Waals surface area contributed by atoms with Crippen molar-refractivity contribution < 1.29 is 27.9 Å². The third-order valence-corrected chi connectivity index (χ3v) is 6.22. The Morgan fingerprint density at radius 3 is 2.61 bits per heavy atom. The fourth-order valence-electron chi connectivity index (χ4n) is 3.46. The van der Waals surface area contributed by atoms with Gasteiger partial charge in [0, 0.05) is 23.5 Å². The zero-order valence-electron chi connectivity index (χ0n) is 16.2. The average molecular weight is 450 g/mol. The first-order valence-electron chi connectivity index (χ1n) is 9.36. The second-order valence-electron chi connectivity index (χ2n) is 7.33. The quantitative estimate of drug-likeness (QED) is 0.527. The number of halogens is 3. The number of nitrogens with one attached hydrogen (secondary N) is 2. The lowest BCUT2D eigenvalue weighted by Gasteiger charge is -2.35. The van der Waals surface area contributed by atoms with Gasteiger partial charge in [-0.05, 0) is 43.4 Å². The van der Waals surface area contributed by atoms with E-state index in [0.717, 1.165) is 23.5 Å². The second-order valence-corrected chi connectivity index (χ2v) is 8.33. The van der Waals surface area contributed by atoms with Crippen LogP contribution in [0.2, 0.25) is 0 Å². The standard InChI is InChI=1S/C20H17F3N4O3S/c1-9-15(18(29)30)31-19(25-9)27-17(28)11-6-13(7-11)26-16-14-8-12(20(21,22)23)3-2-10(14)4-5-24-16/h2-5,8,11,13H,6-7H2,1H3,(H,24,26)(H,29,30)(H,25,27,28)/t11-,13+. The first kappa shape index (κ1) is 21.0. The molecule has 4 rings (SSSR count). The molecular formula is C20H17F3N4O3S. The van der Waals surface area contributed by atoms with Gasteiger partial charge in [-0.3, -0.25) is 4.79 Å². The highest BCUT2D eigenvalue weighted by Gasteiger charge is 2.36. The predicted molar refractivity (Wildman–Crippen MR) is 109 cm³/mol. The van der Waals surface area contributed by atoms with Gasteiger partial charge in [0.05, 0.1) is 11.3 Å². The Morgan fingerprint density at radius 1 is 1.23 bits per heavy atom. The van der Waals surface area contributed by atoms with Gasteiger partial charge in [-0.2, -0.15) is 13.2 Å². The average Bonchev–Trinajstić information content (AvgIpc) is 3.03. The minimum absolute atomic E-state index is 0.0729. The van der Waals surface area contributed by atoms with E-state index in [1.54, 1.807) is 13.0 Å². The molecule has 0 saturated heterocycles. The Hall–Kier alpha value is -3.21. The zero-order chi connectivity index (χ0) is 22.3. The molecule has 1 aromatic carbocycles. The number of nitrogens with zero attached hydrogens (tertiary/aromatic N) is 2. The number of hydrogen-bond donors (Lipinski definition) is 3. The van der Waals surface area contributed by atoms with Crippen molar-refractivity contribution in [2.24, 2.45) is 5.92 Å². The van der Waals surface area contributed by atoms with Crippen LogP contribution < -0.4 is 10.6 Å². The van der Waals surface area contributed by atoms with E-state index in [4.69, 9.17) is 5.11 Å².